The van der Waals surface area contributed by atoms with Crippen LogP contribution in [0.4, 0.5) is 0 Å². The molecule has 0 atom stereocenters. The van der Waals surface area contributed by atoms with Crippen LogP contribution in [0.25, 0.3) is 0 Å². The van der Waals surface area contributed by atoms with Gasteiger partial charge in [0.25, 0.3) is 5.56 Å². The summed E-state index contributed by atoms with van der Waals surface area (Å²) in [6, 6.07) is 1.99. The zero-order valence-electron chi connectivity index (χ0n) is 14.6. The minimum Gasteiger partial charge on any atom is -0.371 e. The minimum atomic E-state index is -0.696. The van der Waals surface area contributed by atoms with Gasteiger partial charge in [-0.25, -0.2) is 4.68 Å². The van der Waals surface area contributed by atoms with Gasteiger partial charge in [-0.1, -0.05) is 19.0 Å². The zero-order chi connectivity index (χ0) is 17.9. The number of ether oxygens (including phenoxy) is 1. The molecule has 2 rings (SSSR count). The number of hydrogen-bond donors (Lipinski definition) is 0. The van der Waals surface area contributed by atoms with E-state index < -0.39 is 11.2 Å². The van der Waals surface area contributed by atoms with Crippen molar-refractivity contribution in [3.63, 3.8) is 0 Å². The van der Waals surface area contributed by atoms with Crippen LogP contribution in [-0.4, -0.2) is 27.0 Å². The molecule has 128 valence electrons. The normalized spacial score (nSPS) is 11.5. The Labute approximate surface area is 140 Å². The fraction of sp³-hybridized carbons (Fsp3) is 0.562. The Bertz CT molecular complexity index is 829. The Balaban J connectivity index is 2.45. The molecule has 2 aromatic rings. The SMILES string of the molecule is CCc1nn(Cc2nc(C(C)(C)OC)no2)c(=O)c(C#N)c1CC. The maximum Gasteiger partial charge on any atom is 0.285 e. The first-order chi connectivity index (χ1) is 11.4. The highest BCUT2D eigenvalue weighted by Gasteiger charge is 2.26. The predicted molar refractivity (Wildman–Crippen MR) is 85.4 cm³/mol. The number of nitriles is 1. The third-order valence-electron chi connectivity index (χ3n) is 3.94. The first-order valence-electron chi connectivity index (χ1n) is 7.79. The molecule has 8 nitrogen and oxygen atoms in total. The first-order valence-corrected chi connectivity index (χ1v) is 7.79. The molecule has 0 saturated carbocycles. The number of methoxy groups -OCH3 is 1. The Morgan fingerprint density at radius 2 is 2.04 bits per heavy atom. The van der Waals surface area contributed by atoms with Crippen LogP contribution in [0.15, 0.2) is 9.32 Å². The van der Waals surface area contributed by atoms with E-state index in [1.807, 2.05) is 33.8 Å². The Morgan fingerprint density at radius 1 is 1.33 bits per heavy atom. The highest BCUT2D eigenvalue weighted by molar-refractivity contribution is 5.38. The average Bonchev–Trinajstić information content (AvgIpc) is 3.05. The van der Waals surface area contributed by atoms with Crippen molar-refractivity contribution < 1.29 is 9.26 Å². The summed E-state index contributed by atoms with van der Waals surface area (Å²) in [7, 11) is 1.55. The van der Waals surface area contributed by atoms with E-state index in [-0.39, 0.29) is 18.0 Å². The summed E-state index contributed by atoms with van der Waals surface area (Å²) in [6.45, 7) is 7.47. The van der Waals surface area contributed by atoms with Crippen molar-refractivity contribution in [2.45, 2.75) is 52.7 Å². The lowest BCUT2D eigenvalue weighted by atomic mass is 10.0. The molecule has 0 aliphatic rings. The third kappa shape index (κ3) is 3.21. The van der Waals surface area contributed by atoms with Crippen molar-refractivity contribution >= 4 is 0 Å². The Hall–Kier alpha value is -2.53. The van der Waals surface area contributed by atoms with Gasteiger partial charge in [-0.15, -0.1) is 0 Å². The Morgan fingerprint density at radius 3 is 2.58 bits per heavy atom. The molecule has 0 spiro atoms. The molecule has 24 heavy (non-hydrogen) atoms. The third-order valence-corrected chi connectivity index (χ3v) is 3.94. The predicted octanol–water partition coefficient (Wildman–Crippen LogP) is 1.55. The van der Waals surface area contributed by atoms with Gasteiger partial charge < -0.3 is 9.26 Å². The fourth-order valence-corrected chi connectivity index (χ4v) is 2.32. The molecule has 0 amide bonds. The molecule has 0 N–H and O–H groups in total. The Kier molecular flexibility index (Phi) is 5.14. The molecular formula is C16H21N5O3. The van der Waals surface area contributed by atoms with Crippen LogP contribution in [0.2, 0.25) is 0 Å². The fourth-order valence-electron chi connectivity index (χ4n) is 2.32. The molecular weight excluding hydrogens is 310 g/mol. The van der Waals surface area contributed by atoms with Gasteiger partial charge >= 0.3 is 0 Å². The van der Waals surface area contributed by atoms with Gasteiger partial charge in [0.2, 0.25) is 11.7 Å². The number of hydrogen-bond acceptors (Lipinski definition) is 7. The minimum absolute atomic E-state index is 0.0112. The summed E-state index contributed by atoms with van der Waals surface area (Å²) in [4.78, 5) is 16.7. The highest BCUT2D eigenvalue weighted by Crippen LogP contribution is 2.20. The summed E-state index contributed by atoms with van der Waals surface area (Å²) in [5.74, 6) is 0.620. The van der Waals surface area contributed by atoms with Gasteiger partial charge in [0.05, 0.1) is 5.69 Å². The first kappa shape index (κ1) is 17.8. The van der Waals surface area contributed by atoms with Crippen LogP contribution in [0.1, 0.15) is 56.2 Å². The van der Waals surface area contributed by atoms with Gasteiger partial charge in [0.15, 0.2) is 0 Å². The molecule has 0 radical (unpaired) electrons. The summed E-state index contributed by atoms with van der Waals surface area (Å²) in [5.41, 5.74) is 0.413. The van der Waals surface area contributed by atoms with E-state index in [0.29, 0.717) is 24.2 Å². The zero-order valence-corrected chi connectivity index (χ0v) is 14.6. The van der Waals surface area contributed by atoms with Crippen LogP contribution in [0, 0.1) is 11.3 Å². The van der Waals surface area contributed by atoms with Gasteiger partial charge in [0.1, 0.15) is 23.8 Å². The molecule has 0 saturated heterocycles. The highest BCUT2D eigenvalue weighted by atomic mass is 16.5. The van der Waals surface area contributed by atoms with E-state index in [9.17, 15) is 10.1 Å². The lowest BCUT2D eigenvalue weighted by Crippen LogP contribution is -2.29. The standard InChI is InChI=1S/C16H21N5O3/c1-6-10-11(8-17)14(22)21(19-12(10)7-2)9-13-18-15(20-24-13)16(3,4)23-5/h6-7,9H2,1-5H3. The summed E-state index contributed by atoms with van der Waals surface area (Å²) in [5, 5.41) is 17.6. The van der Waals surface area contributed by atoms with Crippen molar-refractivity contribution in [1.29, 1.82) is 5.26 Å². The summed E-state index contributed by atoms with van der Waals surface area (Å²) < 4.78 is 11.7. The van der Waals surface area contributed by atoms with Gasteiger partial charge in [-0.3, -0.25) is 4.79 Å². The van der Waals surface area contributed by atoms with Gasteiger partial charge in [-0.05, 0) is 32.3 Å². The molecule has 0 fully saturated rings. The molecule has 0 aliphatic carbocycles. The number of rotatable bonds is 6. The lowest BCUT2D eigenvalue weighted by Gasteiger charge is -2.17. The van der Waals surface area contributed by atoms with Gasteiger partial charge in [-0.2, -0.15) is 15.3 Å². The maximum absolute atomic E-state index is 12.5. The maximum atomic E-state index is 12.5. The molecule has 0 aromatic carbocycles. The molecule has 0 aliphatic heterocycles. The average molecular weight is 331 g/mol. The smallest absolute Gasteiger partial charge is 0.285 e. The number of aromatic nitrogens is 4. The topological polar surface area (TPSA) is 107 Å². The summed E-state index contributed by atoms with van der Waals surface area (Å²) >= 11 is 0. The van der Waals surface area contributed by atoms with Crippen molar-refractivity contribution in [1.82, 2.24) is 19.9 Å². The number of aryl methyl sites for hydroxylation is 1. The van der Waals surface area contributed by atoms with Crippen molar-refractivity contribution in [3.05, 3.63) is 38.9 Å². The molecule has 0 bridgehead atoms. The van der Waals surface area contributed by atoms with Crippen molar-refractivity contribution in [3.8, 4) is 6.07 Å². The second kappa shape index (κ2) is 6.93. The van der Waals surface area contributed by atoms with E-state index in [4.69, 9.17) is 9.26 Å². The second-order valence-corrected chi connectivity index (χ2v) is 5.81. The van der Waals surface area contributed by atoms with Crippen LogP contribution < -0.4 is 5.56 Å². The van der Waals surface area contributed by atoms with Crippen LogP contribution in [-0.2, 0) is 29.7 Å². The molecule has 2 aromatic heterocycles. The monoisotopic (exact) mass is 331 g/mol. The van der Waals surface area contributed by atoms with Crippen molar-refractivity contribution in [2.24, 2.45) is 0 Å². The largest absolute Gasteiger partial charge is 0.371 e. The number of nitrogens with zero attached hydrogens (tertiary/aromatic N) is 5. The quantitative estimate of drug-likeness (QED) is 0.790. The van der Waals surface area contributed by atoms with E-state index in [1.54, 1.807) is 7.11 Å². The second-order valence-electron chi connectivity index (χ2n) is 5.81. The van der Waals surface area contributed by atoms with Crippen LogP contribution in [0.3, 0.4) is 0 Å². The molecule has 2 heterocycles. The van der Waals surface area contributed by atoms with Crippen molar-refractivity contribution in [2.75, 3.05) is 7.11 Å². The van der Waals surface area contributed by atoms with Gasteiger partial charge in [0, 0.05) is 7.11 Å². The van der Waals surface area contributed by atoms with E-state index in [0.717, 1.165) is 5.69 Å². The molecule has 8 heteroatoms. The van der Waals surface area contributed by atoms with E-state index >= 15 is 0 Å². The van der Waals surface area contributed by atoms with E-state index in [1.165, 1.54) is 4.68 Å². The summed E-state index contributed by atoms with van der Waals surface area (Å²) in [6.07, 6.45) is 1.21. The van der Waals surface area contributed by atoms with E-state index in [2.05, 4.69) is 15.2 Å². The molecule has 0 unspecified atom stereocenters. The lowest BCUT2D eigenvalue weighted by molar-refractivity contribution is 0.00973. The van der Waals surface area contributed by atoms with Crippen LogP contribution >= 0.6 is 0 Å². The van der Waals surface area contributed by atoms with Crippen LogP contribution in [0.5, 0.6) is 0 Å².